The first-order valence-electron chi connectivity index (χ1n) is 6.23. The standard InChI is InChI=1S/C14H18BrN3S/c1-10(2)16-7-11-6-12(15)4-5-14(11)19-13-8-17-18(3)9-13/h4-6,8-10,16H,7H2,1-3H3. The van der Waals surface area contributed by atoms with E-state index in [9.17, 15) is 0 Å². The van der Waals surface area contributed by atoms with Gasteiger partial charge in [-0.1, -0.05) is 41.5 Å². The highest BCUT2D eigenvalue weighted by Gasteiger charge is 2.07. The summed E-state index contributed by atoms with van der Waals surface area (Å²) in [6.07, 6.45) is 3.93. The van der Waals surface area contributed by atoms with E-state index in [1.807, 2.05) is 24.1 Å². The molecular weight excluding hydrogens is 322 g/mol. The van der Waals surface area contributed by atoms with E-state index in [2.05, 4.69) is 58.4 Å². The Hall–Kier alpha value is -0.780. The second kappa shape index (κ2) is 6.59. The lowest BCUT2D eigenvalue weighted by molar-refractivity contribution is 0.584. The number of hydrogen-bond acceptors (Lipinski definition) is 3. The fraction of sp³-hybridized carbons (Fsp3) is 0.357. The predicted octanol–water partition coefficient (Wildman–Crippen LogP) is 3.83. The van der Waals surface area contributed by atoms with Crippen LogP contribution in [0.15, 0.2) is 44.9 Å². The van der Waals surface area contributed by atoms with E-state index in [1.54, 1.807) is 11.8 Å². The highest BCUT2D eigenvalue weighted by atomic mass is 79.9. The van der Waals surface area contributed by atoms with Crippen molar-refractivity contribution < 1.29 is 0 Å². The van der Waals surface area contributed by atoms with Crippen LogP contribution in [0.25, 0.3) is 0 Å². The number of rotatable bonds is 5. The lowest BCUT2D eigenvalue weighted by Gasteiger charge is -2.12. The molecule has 0 amide bonds. The van der Waals surface area contributed by atoms with E-state index in [4.69, 9.17) is 0 Å². The highest BCUT2D eigenvalue weighted by molar-refractivity contribution is 9.10. The van der Waals surface area contributed by atoms with Crippen LogP contribution in [0.4, 0.5) is 0 Å². The van der Waals surface area contributed by atoms with Crippen LogP contribution in [0.2, 0.25) is 0 Å². The molecule has 0 saturated carbocycles. The second-order valence-electron chi connectivity index (χ2n) is 4.74. The van der Waals surface area contributed by atoms with E-state index in [0.29, 0.717) is 6.04 Å². The SMILES string of the molecule is CC(C)NCc1cc(Br)ccc1Sc1cnn(C)c1. The molecule has 0 radical (unpaired) electrons. The first kappa shape index (κ1) is 14.6. The third-order valence-electron chi connectivity index (χ3n) is 2.63. The number of halogens is 1. The number of benzene rings is 1. The molecular formula is C14H18BrN3S. The number of aromatic nitrogens is 2. The quantitative estimate of drug-likeness (QED) is 0.897. The van der Waals surface area contributed by atoms with Crippen molar-refractivity contribution in [3.05, 3.63) is 40.6 Å². The Labute approximate surface area is 126 Å². The second-order valence-corrected chi connectivity index (χ2v) is 6.77. The summed E-state index contributed by atoms with van der Waals surface area (Å²) >= 11 is 5.29. The Kier molecular flexibility index (Phi) is 5.07. The largest absolute Gasteiger partial charge is 0.310 e. The molecule has 0 aliphatic heterocycles. The molecule has 0 aliphatic rings. The van der Waals surface area contributed by atoms with Crippen molar-refractivity contribution in [1.29, 1.82) is 0 Å². The number of hydrogen-bond donors (Lipinski definition) is 1. The zero-order valence-electron chi connectivity index (χ0n) is 11.4. The first-order valence-corrected chi connectivity index (χ1v) is 7.84. The monoisotopic (exact) mass is 339 g/mol. The van der Waals surface area contributed by atoms with E-state index in [-0.39, 0.29) is 0 Å². The summed E-state index contributed by atoms with van der Waals surface area (Å²) < 4.78 is 2.94. The molecule has 0 aliphatic carbocycles. The number of nitrogens with one attached hydrogen (secondary N) is 1. The fourth-order valence-corrected chi connectivity index (χ4v) is 3.04. The van der Waals surface area contributed by atoms with Crippen LogP contribution in [0.3, 0.4) is 0 Å². The molecule has 0 atom stereocenters. The average Bonchev–Trinajstić information content (AvgIpc) is 2.75. The zero-order valence-corrected chi connectivity index (χ0v) is 13.8. The normalized spacial score (nSPS) is 11.2. The minimum Gasteiger partial charge on any atom is -0.310 e. The van der Waals surface area contributed by atoms with Gasteiger partial charge in [0.15, 0.2) is 0 Å². The van der Waals surface area contributed by atoms with Gasteiger partial charge in [-0.2, -0.15) is 5.10 Å². The van der Waals surface area contributed by atoms with Crippen LogP contribution in [-0.2, 0) is 13.6 Å². The summed E-state index contributed by atoms with van der Waals surface area (Å²) in [6.45, 7) is 5.19. The molecule has 1 aromatic heterocycles. The van der Waals surface area contributed by atoms with Crippen molar-refractivity contribution in [1.82, 2.24) is 15.1 Å². The molecule has 0 unspecified atom stereocenters. The van der Waals surface area contributed by atoms with Crippen LogP contribution in [0.1, 0.15) is 19.4 Å². The summed E-state index contributed by atoms with van der Waals surface area (Å²) in [6, 6.07) is 6.89. The topological polar surface area (TPSA) is 29.9 Å². The van der Waals surface area contributed by atoms with Gasteiger partial charge in [0.05, 0.1) is 11.1 Å². The zero-order chi connectivity index (χ0) is 13.8. The van der Waals surface area contributed by atoms with E-state index in [0.717, 1.165) is 15.9 Å². The minimum atomic E-state index is 0.482. The van der Waals surface area contributed by atoms with Crippen molar-refractivity contribution in [2.45, 2.75) is 36.2 Å². The highest BCUT2D eigenvalue weighted by Crippen LogP contribution is 2.31. The van der Waals surface area contributed by atoms with E-state index in [1.165, 1.54) is 10.5 Å². The molecule has 2 aromatic rings. The summed E-state index contributed by atoms with van der Waals surface area (Å²) in [5.41, 5.74) is 1.30. The molecule has 0 saturated heterocycles. The molecule has 3 nitrogen and oxygen atoms in total. The Morgan fingerprint density at radius 3 is 2.84 bits per heavy atom. The van der Waals surface area contributed by atoms with Crippen LogP contribution in [0, 0.1) is 0 Å². The van der Waals surface area contributed by atoms with Crippen LogP contribution >= 0.6 is 27.7 Å². The van der Waals surface area contributed by atoms with Crippen molar-refractivity contribution in [3.8, 4) is 0 Å². The molecule has 1 N–H and O–H groups in total. The predicted molar refractivity (Wildman–Crippen MR) is 83.4 cm³/mol. The van der Waals surface area contributed by atoms with Gasteiger partial charge in [-0.3, -0.25) is 4.68 Å². The molecule has 19 heavy (non-hydrogen) atoms. The lowest BCUT2D eigenvalue weighted by Crippen LogP contribution is -2.22. The van der Waals surface area contributed by atoms with Gasteiger partial charge in [0, 0.05) is 35.2 Å². The van der Waals surface area contributed by atoms with E-state index >= 15 is 0 Å². The molecule has 1 aromatic carbocycles. The van der Waals surface area contributed by atoms with Gasteiger partial charge in [0.1, 0.15) is 0 Å². The van der Waals surface area contributed by atoms with Crippen molar-refractivity contribution in [3.63, 3.8) is 0 Å². The van der Waals surface area contributed by atoms with Crippen molar-refractivity contribution in [2.75, 3.05) is 0 Å². The maximum Gasteiger partial charge on any atom is 0.0629 e. The van der Waals surface area contributed by atoms with Crippen LogP contribution in [0.5, 0.6) is 0 Å². The Morgan fingerprint density at radius 2 is 2.21 bits per heavy atom. The van der Waals surface area contributed by atoms with Crippen LogP contribution < -0.4 is 5.32 Å². The molecule has 0 spiro atoms. The van der Waals surface area contributed by atoms with Crippen molar-refractivity contribution >= 4 is 27.7 Å². The maximum absolute atomic E-state index is 4.21. The summed E-state index contributed by atoms with van der Waals surface area (Å²) in [4.78, 5) is 2.43. The van der Waals surface area contributed by atoms with Crippen LogP contribution in [-0.4, -0.2) is 15.8 Å². The fourth-order valence-electron chi connectivity index (χ4n) is 1.68. The van der Waals surface area contributed by atoms with Gasteiger partial charge in [-0.25, -0.2) is 0 Å². The lowest BCUT2D eigenvalue weighted by atomic mass is 10.2. The number of nitrogens with zero attached hydrogens (tertiary/aromatic N) is 2. The Balaban J connectivity index is 2.18. The van der Waals surface area contributed by atoms with Gasteiger partial charge < -0.3 is 5.32 Å². The van der Waals surface area contributed by atoms with Crippen molar-refractivity contribution in [2.24, 2.45) is 7.05 Å². The van der Waals surface area contributed by atoms with E-state index < -0.39 is 0 Å². The molecule has 5 heteroatoms. The Bertz CT molecular complexity index is 551. The van der Waals surface area contributed by atoms with Gasteiger partial charge in [0.25, 0.3) is 0 Å². The van der Waals surface area contributed by atoms with Gasteiger partial charge >= 0.3 is 0 Å². The summed E-state index contributed by atoms with van der Waals surface area (Å²) in [7, 11) is 1.94. The van der Waals surface area contributed by atoms with Gasteiger partial charge in [-0.15, -0.1) is 0 Å². The molecule has 0 fully saturated rings. The molecule has 2 rings (SSSR count). The molecule has 0 bridgehead atoms. The maximum atomic E-state index is 4.21. The Morgan fingerprint density at radius 1 is 1.42 bits per heavy atom. The summed E-state index contributed by atoms with van der Waals surface area (Å²) in [5.74, 6) is 0. The average molecular weight is 340 g/mol. The first-order chi connectivity index (χ1) is 9.04. The molecule has 1 heterocycles. The molecule has 102 valence electrons. The van der Waals surface area contributed by atoms with Gasteiger partial charge in [0.2, 0.25) is 0 Å². The number of aryl methyl sites for hydroxylation is 1. The van der Waals surface area contributed by atoms with Gasteiger partial charge in [-0.05, 0) is 23.8 Å². The minimum absolute atomic E-state index is 0.482. The third kappa shape index (κ3) is 4.37. The smallest absolute Gasteiger partial charge is 0.0629 e. The summed E-state index contributed by atoms with van der Waals surface area (Å²) in [5, 5.41) is 7.67. The third-order valence-corrected chi connectivity index (χ3v) is 4.19.